The van der Waals surface area contributed by atoms with Crippen LogP contribution in [0.15, 0.2) is 0 Å². The highest BCUT2D eigenvalue weighted by atomic mass is 16.6. The number of amides is 1. The fourth-order valence-electron chi connectivity index (χ4n) is 1.29. The second-order valence-corrected chi connectivity index (χ2v) is 3.40. The number of hydrogen-bond acceptors (Lipinski definition) is 3. The van der Waals surface area contributed by atoms with Crippen molar-refractivity contribution in [1.82, 2.24) is 5.32 Å². The lowest BCUT2D eigenvalue weighted by Crippen LogP contribution is -2.43. The molecule has 0 bridgehead atoms. The van der Waals surface area contributed by atoms with Gasteiger partial charge in [0.25, 0.3) is 0 Å². The van der Waals surface area contributed by atoms with Gasteiger partial charge in [0.15, 0.2) is 5.60 Å². The number of carbonyl (C=O) groups is 1. The van der Waals surface area contributed by atoms with Crippen molar-refractivity contribution in [1.29, 1.82) is 0 Å². The first-order valence-corrected chi connectivity index (χ1v) is 4.06. The van der Waals surface area contributed by atoms with E-state index in [2.05, 4.69) is 5.32 Å². The van der Waals surface area contributed by atoms with E-state index < -0.39 is 5.60 Å². The first-order chi connectivity index (χ1) is 5.60. The summed E-state index contributed by atoms with van der Waals surface area (Å²) in [5.41, 5.74) is -0.466. The third kappa shape index (κ3) is 1.53. The zero-order chi connectivity index (χ0) is 9.19. The molecule has 0 aliphatic carbocycles. The summed E-state index contributed by atoms with van der Waals surface area (Å²) in [6.07, 6.45) is -0.347. The first kappa shape index (κ1) is 9.32. The monoisotopic (exact) mass is 173 g/mol. The number of ether oxygens (including phenoxy) is 2. The Kier molecular flexibility index (Phi) is 2.57. The summed E-state index contributed by atoms with van der Waals surface area (Å²) in [5, 5.41) is 2.64. The Morgan fingerprint density at radius 2 is 2.42 bits per heavy atom. The van der Waals surface area contributed by atoms with Crippen LogP contribution >= 0.6 is 0 Å². The molecular formula is C8H15NO3. The van der Waals surface area contributed by atoms with Crippen molar-refractivity contribution in [2.24, 2.45) is 5.92 Å². The van der Waals surface area contributed by atoms with Gasteiger partial charge in [-0.15, -0.1) is 0 Å². The standard InChI is InChI=1S/C8H15NO3/c1-6(2)8(5-11-3)4-9-7(10)12-8/h6H,4-5H2,1-3H3,(H,9,10). The number of methoxy groups -OCH3 is 1. The van der Waals surface area contributed by atoms with Gasteiger partial charge < -0.3 is 14.8 Å². The highest BCUT2D eigenvalue weighted by Gasteiger charge is 2.43. The van der Waals surface area contributed by atoms with Crippen LogP contribution in [0, 0.1) is 5.92 Å². The van der Waals surface area contributed by atoms with E-state index in [4.69, 9.17) is 9.47 Å². The van der Waals surface area contributed by atoms with E-state index >= 15 is 0 Å². The highest BCUT2D eigenvalue weighted by molar-refractivity contribution is 5.70. The van der Waals surface area contributed by atoms with Gasteiger partial charge in [0.05, 0.1) is 13.2 Å². The molecule has 1 rings (SSSR count). The summed E-state index contributed by atoms with van der Waals surface area (Å²) in [6, 6.07) is 0. The fraction of sp³-hybridized carbons (Fsp3) is 0.875. The molecule has 4 nitrogen and oxygen atoms in total. The molecule has 1 heterocycles. The van der Waals surface area contributed by atoms with Gasteiger partial charge in [-0.1, -0.05) is 13.8 Å². The second-order valence-electron chi connectivity index (χ2n) is 3.40. The molecule has 1 aliphatic rings. The molecule has 0 aromatic carbocycles. The van der Waals surface area contributed by atoms with Crippen LogP contribution in [-0.2, 0) is 9.47 Å². The van der Waals surface area contributed by atoms with Crippen molar-refractivity contribution >= 4 is 6.09 Å². The first-order valence-electron chi connectivity index (χ1n) is 4.06. The minimum absolute atomic E-state index is 0.261. The Morgan fingerprint density at radius 1 is 1.75 bits per heavy atom. The number of alkyl carbamates (subject to hydrolysis) is 1. The molecule has 1 amide bonds. The molecule has 4 heteroatoms. The van der Waals surface area contributed by atoms with Crippen LogP contribution in [0.2, 0.25) is 0 Å². The molecule has 1 aliphatic heterocycles. The molecule has 0 saturated carbocycles. The third-order valence-corrected chi connectivity index (χ3v) is 2.27. The second kappa shape index (κ2) is 3.31. The highest BCUT2D eigenvalue weighted by Crippen LogP contribution is 2.25. The SMILES string of the molecule is COCC1(C(C)C)CNC(=O)O1. The van der Waals surface area contributed by atoms with E-state index in [1.54, 1.807) is 7.11 Å². The maximum atomic E-state index is 10.8. The normalized spacial score (nSPS) is 28.8. The van der Waals surface area contributed by atoms with Gasteiger partial charge in [0.2, 0.25) is 0 Å². The molecular weight excluding hydrogens is 158 g/mol. The van der Waals surface area contributed by atoms with E-state index in [0.717, 1.165) is 0 Å². The van der Waals surface area contributed by atoms with Gasteiger partial charge in [0.1, 0.15) is 0 Å². The van der Waals surface area contributed by atoms with Gasteiger partial charge in [0, 0.05) is 7.11 Å². The average Bonchev–Trinajstić information content (AvgIpc) is 2.34. The van der Waals surface area contributed by atoms with Crippen LogP contribution in [-0.4, -0.2) is 32.0 Å². The molecule has 0 aromatic heterocycles. The lowest BCUT2D eigenvalue weighted by molar-refractivity contribution is -0.0404. The van der Waals surface area contributed by atoms with Crippen LogP contribution in [0.5, 0.6) is 0 Å². The Bertz CT molecular complexity index is 181. The van der Waals surface area contributed by atoms with Crippen LogP contribution in [0.3, 0.4) is 0 Å². The van der Waals surface area contributed by atoms with Crippen molar-refractivity contribution < 1.29 is 14.3 Å². The zero-order valence-electron chi connectivity index (χ0n) is 7.72. The summed E-state index contributed by atoms with van der Waals surface area (Å²) in [6.45, 7) is 5.01. The summed E-state index contributed by atoms with van der Waals surface area (Å²) in [5.74, 6) is 0.261. The summed E-state index contributed by atoms with van der Waals surface area (Å²) in [4.78, 5) is 10.8. The minimum Gasteiger partial charge on any atom is -0.438 e. The van der Waals surface area contributed by atoms with Gasteiger partial charge in [-0.05, 0) is 5.92 Å². The Hall–Kier alpha value is -0.770. The van der Waals surface area contributed by atoms with E-state index in [1.807, 2.05) is 13.8 Å². The van der Waals surface area contributed by atoms with Crippen molar-refractivity contribution in [3.8, 4) is 0 Å². The van der Waals surface area contributed by atoms with E-state index in [1.165, 1.54) is 0 Å². The lowest BCUT2D eigenvalue weighted by Gasteiger charge is -2.29. The fourth-order valence-corrected chi connectivity index (χ4v) is 1.29. The molecule has 1 atom stereocenters. The molecule has 0 spiro atoms. The molecule has 1 unspecified atom stereocenters. The predicted octanol–water partition coefficient (Wildman–Crippen LogP) is 0.767. The predicted molar refractivity (Wildman–Crippen MR) is 43.9 cm³/mol. The van der Waals surface area contributed by atoms with E-state index in [9.17, 15) is 4.79 Å². The smallest absolute Gasteiger partial charge is 0.407 e. The van der Waals surface area contributed by atoms with E-state index in [-0.39, 0.29) is 12.0 Å². The largest absolute Gasteiger partial charge is 0.438 e. The maximum Gasteiger partial charge on any atom is 0.407 e. The summed E-state index contributed by atoms with van der Waals surface area (Å²) >= 11 is 0. The molecule has 70 valence electrons. The maximum absolute atomic E-state index is 10.8. The van der Waals surface area contributed by atoms with Crippen LogP contribution in [0.25, 0.3) is 0 Å². The van der Waals surface area contributed by atoms with Crippen molar-refractivity contribution in [2.45, 2.75) is 19.4 Å². The Labute approximate surface area is 72.2 Å². The van der Waals surface area contributed by atoms with E-state index in [0.29, 0.717) is 13.2 Å². The van der Waals surface area contributed by atoms with Gasteiger partial charge in [-0.3, -0.25) is 0 Å². The molecule has 0 aromatic rings. The molecule has 1 fully saturated rings. The van der Waals surface area contributed by atoms with Crippen LogP contribution in [0.1, 0.15) is 13.8 Å². The van der Waals surface area contributed by atoms with Gasteiger partial charge in [-0.25, -0.2) is 4.79 Å². The molecule has 0 radical (unpaired) electrons. The number of nitrogens with one attached hydrogen (secondary N) is 1. The quantitative estimate of drug-likeness (QED) is 0.685. The molecule has 1 saturated heterocycles. The number of hydrogen-bond donors (Lipinski definition) is 1. The van der Waals surface area contributed by atoms with Crippen molar-refractivity contribution in [3.63, 3.8) is 0 Å². The lowest BCUT2D eigenvalue weighted by atomic mass is 9.91. The van der Waals surface area contributed by atoms with Crippen LogP contribution in [0.4, 0.5) is 4.79 Å². The Morgan fingerprint density at radius 3 is 2.75 bits per heavy atom. The minimum atomic E-state index is -0.466. The summed E-state index contributed by atoms with van der Waals surface area (Å²) < 4.78 is 10.2. The number of cyclic esters (lactones) is 1. The third-order valence-electron chi connectivity index (χ3n) is 2.27. The molecule has 12 heavy (non-hydrogen) atoms. The number of carbonyl (C=O) groups excluding carboxylic acids is 1. The zero-order valence-corrected chi connectivity index (χ0v) is 7.72. The van der Waals surface area contributed by atoms with Crippen LogP contribution < -0.4 is 5.32 Å². The number of rotatable bonds is 3. The topological polar surface area (TPSA) is 47.6 Å². The molecule has 1 N–H and O–H groups in total. The Balaban J connectivity index is 2.67. The average molecular weight is 173 g/mol. The summed E-state index contributed by atoms with van der Waals surface area (Å²) in [7, 11) is 1.61. The van der Waals surface area contributed by atoms with Crippen molar-refractivity contribution in [3.05, 3.63) is 0 Å². The van der Waals surface area contributed by atoms with Gasteiger partial charge >= 0.3 is 6.09 Å². The van der Waals surface area contributed by atoms with Gasteiger partial charge in [-0.2, -0.15) is 0 Å². The van der Waals surface area contributed by atoms with Crippen molar-refractivity contribution in [2.75, 3.05) is 20.3 Å².